The van der Waals surface area contributed by atoms with Gasteiger partial charge in [0.25, 0.3) is 0 Å². The van der Waals surface area contributed by atoms with Gasteiger partial charge in [-0.3, -0.25) is 4.79 Å². The number of aromatic nitrogens is 3. The number of hydrogen-bond donors (Lipinski definition) is 1. The van der Waals surface area contributed by atoms with E-state index >= 15 is 0 Å². The van der Waals surface area contributed by atoms with Gasteiger partial charge in [-0.1, -0.05) is 78.5 Å². The van der Waals surface area contributed by atoms with E-state index < -0.39 is 0 Å². The minimum atomic E-state index is -0.0806. The van der Waals surface area contributed by atoms with Gasteiger partial charge in [0.15, 0.2) is 0 Å². The van der Waals surface area contributed by atoms with Crippen LogP contribution in [0.3, 0.4) is 0 Å². The number of methoxy groups -OCH3 is 1. The number of hydrogen-bond acceptors (Lipinski definition) is 6. The highest BCUT2D eigenvalue weighted by Crippen LogP contribution is 2.29. The maximum atomic E-state index is 12.3. The third kappa shape index (κ3) is 5.50. The molecule has 3 aromatic carbocycles. The van der Waals surface area contributed by atoms with E-state index in [1.54, 1.807) is 13.2 Å². The zero-order valence-corrected chi connectivity index (χ0v) is 18.4. The molecule has 0 fully saturated rings. The van der Waals surface area contributed by atoms with E-state index in [-0.39, 0.29) is 5.91 Å². The van der Waals surface area contributed by atoms with Crippen LogP contribution in [0.25, 0.3) is 22.5 Å². The maximum absolute atomic E-state index is 12.3. The molecule has 0 bridgehead atoms. The number of benzene rings is 3. The summed E-state index contributed by atoms with van der Waals surface area (Å²) in [5.41, 5.74) is 4.14. The van der Waals surface area contributed by atoms with Crippen LogP contribution >= 0.6 is 11.8 Å². The van der Waals surface area contributed by atoms with Gasteiger partial charge in [0.05, 0.1) is 7.11 Å². The molecule has 1 N–H and O–H groups in total. The largest absolute Gasteiger partial charge is 0.497 e. The molecule has 6 nitrogen and oxygen atoms in total. The van der Waals surface area contributed by atoms with E-state index in [9.17, 15) is 4.79 Å². The number of nitrogens with zero attached hydrogens (tertiary/aromatic N) is 3. The second-order valence-corrected chi connectivity index (χ2v) is 7.96. The molecule has 0 radical (unpaired) electrons. The molecule has 0 saturated carbocycles. The maximum Gasteiger partial charge on any atom is 0.225 e. The van der Waals surface area contributed by atoms with Crippen LogP contribution in [0.15, 0.2) is 90.1 Å². The van der Waals surface area contributed by atoms with Gasteiger partial charge in [-0.05, 0) is 12.1 Å². The number of anilines is 1. The average molecular weight is 443 g/mol. The number of nitrogens with one attached hydrogen (secondary N) is 1. The number of thioether (sulfide) groups is 1. The van der Waals surface area contributed by atoms with Crippen LogP contribution in [-0.2, 0) is 4.79 Å². The monoisotopic (exact) mass is 442 g/mol. The third-order valence-electron chi connectivity index (χ3n) is 4.68. The van der Waals surface area contributed by atoms with Crippen molar-refractivity contribution in [3.05, 3.63) is 84.9 Å². The average Bonchev–Trinajstić information content (AvgIpc) is 2.85. The fourth-order valence-corrected chi connectivity index (χ4v) is 3.84. The van der Waals surface area contributed by atoms with Crippen LogP contribution in [0.2, 0.25) is 0 Å². The molecule has 4 aromatic rings. The fraction of sp³-hybridized carbons (Fsp3) is 0.120. The summed E-state index contributed by atoms with van der Waals surface area (Å²) >= 11 is 1.41. The van der Waals surface area contributed by atoms with Crippen molar-refractivity contribution in [2.24, 2.45) is 0 Å². The quantitative estimate of drug-likeness (QED) is 0.372. The molecule has 4 rings (SSSR count). The van der Waals surface area contributed by atoms with E-state index in [1.807, 2.05) is 78.9 Å². The van der Waals surface area contributed by atoms with Crippen LogP contribution in [0, 0.1) is 0 Å². The molecule has 32 heavy (non-hydrogen) atoms. The number of carbonyl (C=O) groups excluding carboxylic acids is 1. The molecule has 0 aliphatic heterocycles. The van der Waals surface area contributed by atoms with E-state index in [2.05, 4.69) is 15.5 Å². The minimum absolute atomic E-state index is 0.0806. The summed E-state index contributed by atoms with van der Waals surface area (Å²) in [6.45, 7) is 0. The predicted molar refractivity (Wildman–Crippen MR) is 128 cm³/mol. The highest BCUT2D eigenvalue weighted by atomic mass is 32.2. The standard InChI is InChI=1S/C25H22N4O2S/c1-31-21-14-8-13-20(17-21)26-22(30)15-16-32-25-27-23(18-9-4-2-5-10-18)24(28-29-25)19-11-6-3-7-12-19/h2-14,17H,15-16H2,1H3,(H,26,30). The van der Waals surface area contributed by atoms with E-state index in [4.69, 9.17) is 9.72 Å². The van der Waals surface area contributed by atoms with Crippen molar-refractivity contribution in [3.8, 4) is 28.3 Å². The van der Waals surface area contributed by atoms with Crippen molar-refractivity contribution in [1.29, 1.82) is 0 Å². The fourth-order valence-electron chi connectivity index (χ4n) is 3.12. The molecule has 7 heteroatoms. The molecule has 0 saturated heterocycles. The van der Waals surface area contributed by atoms with Crippen molar-refractivity contribution >= 4 is 23.4 Å². The Morgan fingerprint density at radius 2 is 1.56 bits per heavy atom. The Morgan fingerprint density at radius 3 is 2.25 bits per heavy atom. The lowest BCUT2D eigenvalue weighted by Gasteiger charge is -2.09. The SMILES string of the molecule is COc1cccc(NC(=O)CCSc2nnc(-c3ccccc3)c(-c3ccccc3)n2)c1. The van der Waals surface area contributed by atoms with Gasteiger partial charge in [0.1, 0.15) is 17.1 Å². The Bertz CT molecular complexity index is 1190. The second kappa shape index (κ2) is 10.5. The summed E-state index contributed by atoms with van der Waals surface area (Å²) in [6, 6.07) is 27.1. The van der Waals surface area contributed by atoms with Gasteiger partial charge in [-0.25, -0.2) is 4.98 Å². The number of amides is 1. The van der Waals surface area contributed by atoms with Crippen LogP contribution in [0.5, 0.6) is 5.75 Å². The third-order valence-corrected chi connectivity index (χ3v) is 5.51. The lowest BCUT2D eigenvalue weighted by Crippen LogP contribution is -2.12. The van der Waals surface area contributed by atoms with Crippen molar-refractivity contribution in [1.82, 2.24) is 15.2 Å². The van der Waals surface area contributed by atoms with Gasteiger partial charge in [0.2, 0.25) is 11.1 Å². The van der Waals surface area contributed by atoms with Crippen LogP contribution in [0.1, 0.15) is 6.42 Å². The van der Waals surface area contributed by atoms with Gasteiger partial charge < -0.3 is 10.1 Å². The number of ether oxygens (including phenoxy) is 1. The summed E-state index contributed by atoms with van der Waals surface area (Å²) in [5, 5.41) is 12.2. The Hall–Kier alpha value is -3.71. The van der Waals surface area contributed by atoms with Gasteiger partial charge in [0, 0.05) is 35.1 Å². The summed E-state index contributed by atoms with van der Waals surface area (Å²) in [6.07, 6.45) is 0.326. The van der Waals surface area contributed by atoms with Crippen LogP contribution in [-0.4, -0.2) is 34.0 Å². The molecule has 1 heterocycles. The smallest absolute Gasteiger partial charge is 0.225 e. The van der Waals surface area contributed by atoms with E-state index in [0.29, 0.717) is 28.8 Å². The summed E-state index contributed by atoms with van der Waals surface area (Å²) in [5.74, 6) is 1.16. The zero-order valence-electron chi connectivity index (χ0n) is 17.6. The minimum Gasteiger partial charge on any atom is -0.497 e. The molecule has 0 spiro atoms. The van der Waals surface area contributed by atoms with E-state index in [1.165, 1.54) is 11.8 Å². The molecule has 0 unspecified atom stereocenters. The molecule has 0 aliphatic rings. The van der Waals surface area contributed by atoms with Crippen LogP contribution in [0.4, 0.5) is 5.69 Å². The van der Waals surface area contributed by atoms with Gasteiger partial charge >= 0.3 is 0 Å². The van der Waals surface area contributed by atoms with Crippen molar-refractivity contribution in [2.45, 2.75) is 11.6 Å². The second-order valence-electron chi connectivity index (χ2n) is 6.90. The first-order valence-corrected chi connectivity index (χ1v) is 11.1. The number of carbonyl (C=O) groups is 1. The normalized spacial score (nSPS) is 10.5. The molecular formula is C25H22N4O2S. The summed E-state index contributed by atoms with van der Waals surface area (Å²) in [4.78, 5) is 17.1. The Balaban J connectivity index is 1.45. The zero-order chi connectivity index (χ0) is 22.2. The predicted octanol–water partition coefficient (Wildman–Crippen LogP) is 5.34. The Kier molecular flexibility index (Phi) is 7.09. The highest BCUT2D eigenvalue weighted by molar-refractivity contribution is 7.99. The van der Waals surface area contributed by atoms with Crippen molar-refractivity contribution < 1.29 is 9.53 Å². The van der Waals surface area contributed by atoms with Crippen LogP contribution < -0.4 is 10.1 Å². The topological polar surface area (TPSA) is 77.0 Å². The van der Waals surface area contributed by atoms with Crippen molar-refractivity contribution in [3.63, 3.8) is 0 Å². The molecule has 0 aliphatic carbocycles. The first-order chi connectivity index (χ1) is 15.7. The lowest BCUT2D eigenvalue weighted by atomic mass is 10.0. The first-order valence-electron chi connectivity index (χ1n) is 10.2. The molecule has 1 aromatic heterocycles. The first kappa shape index (κ1) is 21.5. The Morgan fingerprint density at radius 1 is 0.875 bits per heavy atom. The molecule has 1 amide bonds. The van der Waals surface area contributed by atoms with Gasteiger partial charge in [-0.15, -0.1) is 10.2 Å². The van der Waals surface area contributed by atoms with Gasteiger partial charge in [-0.2, -0.15) is 0 Å². The van der Waals surface area contributed by atoms with E-state index in [0.717, 1.165) is 22.5 Å². The summed E-state index contributed by atoms with van der Waals surface area (Å²) < 4.78 is 5.19. The Labute approximate surface area is 191 Å². The molecule has 160 valence electrons. The highest BCUT2D eigenvalue weighted by Gasteiger charge is 2.14. The number of rotatable bonds is 8. The van der Waals surface area contributed by atoms with Crippen molar-refractivity contribution in [2.75, 3.05) is 18.2 Å². The molecule has 0 atom stereocenters. The molecular weight excluding hydrogens is 420 g/mol. The lowest BCUT2D eigenvalue weighted by molar-refractivity contribution is -0.115. The summed E-state index contributed by atoms with van der Waals surface area (Å²) in [7, 11) is 1.60.